The molecule has 2 rings (SSSR count). The van der Waals surface area contributed by atoms with Gasteiger partial charge in [0, 0.05) is 25.7 Å². The first kappa shape index (κ1) is 13.0. The quantitative estimate of drug-likeness (QED) is 0.805. The van der Waals surface area contributed by atoms with Gasteiger partial charge in [-0.15, -0.1) is 0 Å². The minimum atomic E-state index is -0.421. The zero-order valence-corrected chi connectivity index (χ0v) is 11.1. The fourth-order valence-electron chi connectivity index (χ4n) is 1.84. The number of nitrogens with zero attached hydrogens (tertiary/aromatic N) is 3. The van der Waals surface area contributed by atoms with Gasteiger partial charge in [-0.2, -0.15) is 4.98 Å². The molecule has 0 spiro atoms. The molecule has 1 saturated carbocycles. The highest BCUT2D eigenvalue weighted by atomic mass is 19.1. The number of anilines is 2. The molecule has 1 fully saturated rings. The van der Waals surface area contributed by atoms with Gasteiger partial charge in [0.1, 0.15) is 0 Å². The molecule has 1 heterocycles. The van der Waals surface area contributed by atoms with E-state index in [0.29, 0.717) is 24.6 Å². The van der Waals surface area contributed by atoms with Crippen LogP contribution in [0.3, 0.4) is 0 Å². The van der Waals surface area contributed by atoms with Crippen molar-refractivity contribution in [1.29, 1.82) is 0 Å². The summed E-state index contributed by atoms with van der Waals surface area (Å²) in [5.74, 6) is 0.253. The minimum absolute atomic E-state index is 0.255. The van der Waals surface area contributed by atoms with Crippen LogP contribution in [0.25, 0.3) is 0 Å². The molecule has 1 aromatic rings. The number of nitrogens with one attached hydrogen (secondary N) is 2. The van der Waals surface area contributed by atoms with Crippen molar-refractivity contribution in [2.24, 2.45) is 0 Å². The lowest BCUT2D eigenvalue weighted by atomic mass is 10.3. The number of aromatic nitrogens is 2. The van der Waals surface area contributed by atoms with E-state index in [1.54, 1.807) is 7.05 Å². The fraction of sp³-hybridized carbons (Fsp3) is 0.667. The van der Waals surface area contributed by atoms with Crippen molar-refractivity contribution in [3.8, 4) is 0 Å². The first-order chi connectivity index (χ1) is 8.61. The summed E-state index contributed by atoms with van der Waals surface area (Å²) in [5, 5.41) is 5.84. The van der Waals surface area contributed by atoms with E-state index in [-0.39, 0.29) is 5.82 Å². The van der Waals surface area contributed by atoms with E-state index in [9.17, 15) is 4.39 Å². The topological polar surface area (TPSA) is 53.1 Å². The van der Waals surface area contributed by atoms with E-state index >= 15 is 0 Å². The highest BCUT2D eigenvalue weighted by molar-refractivity contribution is 5.40. The molecule has 0 saturated heterocycles. The summed E-state index contributed by atoms with van der Waals surface area (Å²) >= 11 is 0. The van der Waals surface area contributed by atoms with E-state index in [1.807, 2.05) is 0 Å². The van der Waals surface area contributed by atoms with Gasteiger partial charge in [-0.05, 0) is 26.8 Å². The highest BCUT2D eigenvalue weighted by Gasteiger charge is 2.29. The summed E-state index contributed by atoms with van der Waals surface area (Å²) in [6, 6.07) is 1.05. The molecular weight excluding hydrogens is 233 g/mol. The molecule has 5 nitrogen and oxygen atoms in total. The van der Waals surface area contributed by atoms with Gasteiger partial charge < -0.3 is 10.6 Å². The fourth-order valence-corrected chi connectivity index (χ4v) is 1.84. The molecular formula is C12H20FN5. The van der Waals surface area contributed by atoms with E-state index in [1.165, 1.54) is 19.0 Å². The van der Waals surface area contributed by atoms with Crippen molar-refractivity contribution >= 4 is 11.8 Å². The molecule has 2 N–H and O–H groups in total. The maximum absolute atomic E-state index is 13.5. The van der Waals surface area contributed by atoms with Crippen LogP contribution in [0.15, 0.2) is 6.20 Å². The van der Waals surface area contributed by atoms with Gasteiger partial charge in [-0.25, -0.2) is 9.37 Å². The lowest BCUT2D eigenvalue weighted by Crippen LogP contribution is -2.36. The molecule has 0 bridgehead atoms. The molecule has 6 heteroatoms. The molecule has 100 valence electrons. The number of hydrogen-bond acceptors (Lipinski definition) is 5. The summed E-state index contributed by atoms with van der Waals surface area (Å²) < 4.78 is 13.5. The van der Waals surface area contributed by atoms with Crippen LogP contribution in [0.4, 0.5) is 16.2 Å². The number of halogens is 1. The van der Waals surface area contributed by atoms with Crippen molar-refractivity contribution in [2.45, 2.75) is 31.8 Å². The van der Waals surface area contributed by atoms with E-state index < -0.39 is 5.82 Å². The highest BCUT2D eigenvalue weighted by Crippen LogP contribution is 2.27. The molecule has 18 heavy (non-hydrogen) atoms. The van der Waals surface area contributed by atoms with E-state index in [0.717, 1.165) is 0 Å². The van der Waals surface area contributed by atoms with Gasteiger partial charge in [-0.1, -0.05) is 0 Å². The normalized spacial score (nSPS) is 16.7. The third-order valence-corrected chi connectivity index (χ3v) is 3.35. The molecule has 1 aromatic heterocycles. The zero-order chi connectivity index (χ0) is 13.1. The molecule has 1 unspecified atom stereocenters. The Morgan fingerprint density at radius 2 is 2.28 bits per heavy atom. The molecule has 1 aliphatic carbocycles. The average molecular weight is 253 g/mol. The summed E-state index contributed by atoms with van der Waals surface area (Å²) in [4.78, 5) is 10.2. The second kappa shape index (κ2) is 5.48. The molecule has 0 amide bonds. The Balaban J connectivity index is 1.92. The van der Waals surface area contributed by atoms with E-state index in [4.69, 9.17) is 0 Å². The predicted octanol–water partition coefficient (Wildman–Crippen LogP) is 1.55. The van der Waals surface area contributed by atoms with Crippen molar-refractivity contribution in [2.75, 3.05) is 31.3 Å². The Morgan fingerprint density at radius 3 is 2.89 bits per heavy atom. The average Bonchev–Trinajstić information content (AvgIpc) is 3.20. The van der Waals surface area contributed by atoms with Gasteiger partial charge in [0.2, 0.25) is 5.95 Å². The van der Waals surface area contributed by atoms with Crippen molar-refractivity contribution < 1.29 is 4.39 Å². The minimum Gasteiger partial charge on any atom is -0.366 e. The largest absolute Gasteiger partial charge is 0.366 e. The molecule has 0 aromatic carbocycles. The smallest absolute Gasteiger partial charge is 0.224 e. The lowest BCUT2D eigenvalue weighted by molar-refractivity contribution is 0.257. The van der Waals surface area contributed by atoms with E-state index in [2.05, 4.69) is 39.5 Å². The number of hydrogen-bond donors (Lipinski definition) is 2. The summed E-state index contributed by atoms with van der Waals surface area (Å²) in [6.07, 6.45) is 3.72. The van der Waals surface area contributed by atoms with Crippen LogP contribution in [0.5, 0.6) is 0 Å². The predicted molar refractivity (Wildman–Crippen MR) is 70.3 cm³/mol. The monoisotopic (exact) mass is 253 g/mol. The standard InChI is InChI=1S/C12H20FN5/c1-8(18(3)9-4-5-9)6-15-11-10(13)7-16-12(14-2)17-11/h7-9H,4-6H2,1-3H3,(H2,14,15,16,17). The Hall–Kier alpha value is -1.43. The van der Waals surface area contributed by atoms with Gasteiger partial charge in [0.05, 0.1) is 6.20 Å². The molecule has 0 radical (unpaired) electrons. The second-order valence-corrected chi connectivity index (χ2v) is 4.77. The second-order valence-electron chi connectivity index (χ2n) is 4.77. The third kappa shape index (κ3) is 3.07. The van der Waals surface area contributed by atoms with Crippen LogP contribution in [0, 0.1) is 5.82 Å². The molecule has 1 atom stereocenters. The van der Waals surface area contributed by atoms with Gasteiger partial charge in [0.25, 0.3) is 0 Å². The Kier molecular flexibility index (Phi) is 3.96. The summed E-state index contributed by atoms with van der Waals surface area (Å²) in [7, 11) is 3.82. The molecule has 0 aliphatic heterocycles. The Morgan fingerprint density at radius 1 is 1.56 bits per heavy atom. The van der Waals surface area contributed by atoms with Gasteiger partial charge in [0.15, 0.2) is 11.6 Å². The Labute approximate surface area is 107 Å². The van der Waals surface area contributed by atoms with Crippen LogP contribution in [0.2, 0.25) is 0 Å². The van der Waals surface area contributed by atoms with Crippen molar-refractivity contribution in [3.05, 3.63) is 12.0 Å². The lowest BCUT2D eigenvalue weighted by Gasteiger charge is -2.24. The summed E-state index contributed by atoms with van der Waals surface area (Å²) in [5.41, 5.74) is 0. The maximum atomic E-state index is 13.5. The van der Waals surface area contributed by atoms with Crippen molar-refractivity contribution in [3.63, 3.8) is 0 Å². The van der Waals surface area contributed by atoms with Crippen LogP contribution >= 0.6 is 0 Å². The Bertz CT molecular complexity index is 407. The van der Waals surface area contributed by atoms with Crippen LogP contribution in [0.1, 0.15) is 19.8 Å². The maximum Gasteiger partial charge on any atom is 0.224 e. The zero-order valence-electron chi connectivity index (χ0n) is 11.1. The van der Waals surface area contributed by atoms with Crippen molar-refractivity contribution in [1.82, 2.24) is 14.9 Å². The first-order valence-electron chi connectivity index (χ1n) is 6.28. The third-order valence-electron chi connectivity index (χ3n) is 3.35. The van der Waals surface area contributed by atoms with Gasteiger partial charge in [-0.3, -0.25) is 4.90 Å². The van der Waals surface area contributed by atoms with Crippen LogP contribution in [-0.4, -0.2) is 47.6 Å². The van der Waals surface area contributed by atoms with Gasteiger partial charge >= 0.3 is 0 Å². The number of likely N-dealkylation sites (N-methyl/N-ethyl adjacent to an activating group) is 1. The molecule has 1 aliphatic rings. The first-order valence-corrected chi connectivity index (χ1v) is 6.28. The van der Waals surface area contributed by atoms with Crippen LogP contribution in [-0.2, 0) is 0 Å². The SMILES string of the molecule is CNc1ncc(F)c(NCC(C)N(C)C2CC2)n1. The number of rotatable bonds is 6. The summed E-state index contributed by atoms with van der Waals surface area (Å²) in [6.45, 7) is 2.80. The van der Waals surface area contributed by atoms with Crippen LogP contribution < -0.4 is 10.6 Å².